The highest BCUT2D eigenvalue weighted by Gasteiger charge is 2.50. The van der Waals surface area contributed by atoms with E-state index in [1.165, 1.54) is 50.2 Å². The minimum absolute atomic E-state index is 0.0229. The number of aliphatic hydroxyl groups excluding tert-OH is 1. The third kappa shape index (κ3) is 6.19. The van der Waals surface area contributed by atoms with Crippen LogP contribution in [0.2, 0.25) is 0 Å². The quantitative estimate of drug-likeness (QED) is 0.441. The van der Waals surface area contributed by atoms with E-state index in [4.69, 9.17) is 4.74 Å². The zero-order chi connectivity index (χ0) is 24.4. The van der Waals surface area contributed by atoms with E-state index in [-0.39, 0.29) is 12.1 Å². The molecular weight excluding hydrogens is 412 g/mol. The maximum absolute atomic E-state index is 11.4. The number of hydrogen-bond acceptors (Lipinski definition) is 4. The molecule has 3 rings (SSSR count). The van der Waals surface area contributed by atoms with Crippen molar-refractivity contribution in [2.24, 2.45) is 23.2 Å². The number of carbonyl (C=O) groups is 1. The van der Waals surface area contributed by atoms with Gasteiger partial charge in [0.05, 0.1) is 11.7 Å². The van der Waals surface area contributed by atoms with Gasteiger partial charge in [-0.3, -0.25) is 4.79 Å². The Morgan fingerprint density at radius 3 is 2.64 bits per heavy atom. The van der Waals surface area contributed by atoms with Crippen molar-refractivity contribution in [3.63, 3.8) is 0 Å². The van der Waals surface area contributed by atoms with Crippen LogP contribution in [0.3, 0.4) is 0 Å². The van der Waals surface area contributed by atoms with Crippen molar-refractivity contribution in [3.05, 3.63) is 35.5 Å². The third-order valence-electron chi connectivity index (χ3n) is 8.94. The molecule has 0 heterocycles. The molecule has 186 valence electrons. The molecule has 0 aromatic carbocycles. The van der Waals surface area contributed by atoms with Crippen molar-refractivity contribution in [3.8, 4) is 0 Å². The topological polar surface area (TPSA) is 66.8 Å². The van der Waals surface area contributed by atoms with Crippen molar-refractivity contribution in [1.29, 1.82) is 0 Å². The van der Waals surface area contributed by atoms with E-state index in [9.17, 15) is 15.0 Å². The lowest BCUT2D eigenvalue weighted by molar-refractivity contribution is -0.146. The molecule has 2 N–H and O–H groups in total. The first-order chi connectivity index (χ1) is 15.4. The molecule has 0 bridgehead atoms. The molecule has 0 aromatic heterocycles. The highest BCUT2D eigenvalue weighted by atomic mass is 16.5. The molecule has 0 spiro atoms. The Labute approximate surface area is 201 Å². The molecule has 3 saturated carbocycles. The standard InChI is InChI=1S/C29H46O4/c1-19-9-13-24(33-21(3)30)18-23(19)12-11-22-8-7-17-29(6)25(14-15-26(22)29)20(2)10-16-27(31)28(4,5)32/h11-12,20,24-27,31-32H,1,7-10,13-18H2,2-6H3/b22-11+,23-12+/t20-,24+,25-,26+,27-,29-/m1/s1. The summed E-state index contributed by atoms with van der Waals surface area (Å²) in [6, 6.07) is 0. The van der Waals surface area contributed by atoms with Gasteiger partial charge in [0.2, 0.25) is 0 Å². The van der Waals surface area contributed by atoms with Gasteiger partial charge in [0.25, 0.3) is 0 Å². The molecule has 0 aliphatic heterocycles. The molecule has 0 aromatic rings. The first kappa shape index (κ1) is 26.2. The maximum atomic E-state index is 11.4. The Hall–Kier alpha value is -1.39. The molecule has 6 atom stereocenters. The largest absolute Gasteiger partial charge is 0.462 e. The molecule has 0 saturated heterocycles. The predicted octanol–water partition coefficient (Wildman–Crippen LogP) is 6.28. The number of fused-ring (bicyclic) bond motifs is 1. The lowest BCUT2D eigenvalue weighted by atomic mass is 9.60. The second kappa shape index (κ2) is 10.5. The Balaban J connectivity index is 1.69. The normalized spacial score (nSPS) is 34.9. The van der Waals surface area contributed by atoms with Crippen LogP contribution < -0.4 is 0 Å². The van der Waals surface area contributed by atoms with Crippen molar-refractivity contribution in [2.45, 2.75) is 117 Å². The van der Waals surface area contributed by atoms with E-state index in [0.29, 0.717) is 29.6 Å². The van der Waals surface area contributed by atoms with Gasteiger partial charge in [-0.15, -0.1) is 0 Å². The molecule has 3 fully saturated rings. The summed E-state index contributed by atoms with van der Waals surface area (Å²) < 4.78 is 5.47. The molecule has 3 aliphatic rings. The number of hydrogen-bond donors (Lipinski definition) is 2. The van der Waals surface area contributed by atoms with Crippen LogP contribution in [0.4, 0.5) is 0 Å². The fourth-order valence-corrected chi connectivity index (χ4v) is 6.91. The fourth-order valence-electron chi connectivity index (χ4n) is 6.91. The van der Waals surface area contributed by atoms with E-state index < -0.39 is 11.7 Å². The molecular formula is C29H46O4. The van der Waals surface area contributed by atoms with Crippen LogP contribution in [0, 0.1) is 23.2 Å². The Kier molecular flexibility index (Phi) is 8.32. The first-order valence-corrected chi connectivity index (χ1v) is 13.1. The van der Waals surface area contributed by atoms with Crippen molar-refractivity contribution >= 4 is 5.97 Å². The zero-order valence-corrected chi connectivity index (χ0v) is 21.5. The second-order valence-corrected chi connectivity index (χ2v) is 11.8. The van der Waals surface area contributed by atoms with E-state index in [1.54, 1.807) is 19.4 Å². The van der Waals surface area contributed by atoms with Crippen molar-refractivity contribution < 1.29 is 19.7 Å². The molecule has 4 nitrogen and oxygen atoms in total. The summed E-state index contributed by atoms with van der Waals surface area (Å²) in [5.74, 6) is 1.62. The van der Waals surface area contributed by atoms with Gasteiger partial charge in [0, 0.05) is 13.3 Å². The first-order valence-electron chi connectivity index (χ1n) is 13.1. The number of ether oxygens (including phenoxy) is 1. The van der Waals surface area contributed by atoms with Gasteiger partial charge in [-0.2, -0.15) is 0 Å². The average Bonchev–Trinajstić information content (AvgIpc) is 3.08. The second-order valence-electron chi connectivity index (χ2n) is 11.8. The van der Waals surface area contributed by atoms with E-state index >= 15 is 0 Å². The molecule has 0 unspecified atom stereocenters. The van der Waals surface area contributed by atoms with Crippen LogP contribution in [0.25, 0.3) is 0 Å². The summed E-state index contributed by atoms with van der Waals surface area (Å²) >= 11 is 0. The monoisotopic (exact) mass is 458 g/mol. The predicted molar refractivity (Wildman–Crippen MR) is 134 cm³/mol. The Bertz CT molecular complexity index is 786. The molecule has 0 radical (unpaired) electrons. The van der Waals surface area contributed by atoms with Crippen LogP contribution in [0.5, 0.6) is 0 Å². The number of carbonyl (C=O) groups excluding carboxylic acids is 1. The maximum Gasteiger partial charge on any atom is 0.302 e. The van der Waals surface area contributed by atoms with Gasteiger partial charge in [-0.25, -0.2) is 0 Å². The number of rotatable bonds is 7. The molecule has 3 aliphatic carbocycles. The minimum Gasteiger partial charge on any atom is -0.462 e. The molecule has 0 amide bonds. The van der Waals surface area contributed by atoms with Crippen molar-refractivity contribution in [2.75, 3.05) is 0 Å². The van der Waals surface area contributed by atoms with E-state index in [1.807, 2.05) is 0 Å². The molecule has 4 heteroatoms. The highest BCUT2D eigenvalue weighted by Crippen LogP contribution is 2.60. The summed E-state index contributed by atoms with van der Waals surface area (Å²) in [5, 5.41) is 20.4. The fraction of sp³-hybridized carbons (Fsp3) is 0.759. The van der Waals surface area contributed by atoms with Crippen LogP contribution in [0.15, 0.2) is 35.5 Å². The van der Waals surface area contributed by atoms with E-state index in [2.05, 4.69) is 32.6 Å². The highest BCUT2D eigenvalue weighted by molar-refractivity contribution is 5.66. The van der Waals surface area contributed by atoms with Crippen molar-refractivity contribution in [1.82, 2.24) is 0 Å². The number of esters is 1. The number of aliphatic hydroxyl groups is 2. The average molecular weight is 459 g/mol. The van der Waals surface area contributed by atoms with Gasteiger partial charge in [0.1, 0.15) is 6.10 Å². The Morgan fingerprint density at radius 1 is 1.24 bits per heavy atom. The zero-order valence-electron chi connectivity index (χ0n) is 21.5. The van der Waals surface area contributed by atoms with Gasteiger partial charge in [-0.05, 0) is 100 Å². The van der Waals surface area contributed by atoms with Crippen LogP contribution in [0.1, 0.15) is 98.8 Å². The summed E-state index contributed by atoms with van der Waals surface area (Å²) in [7, 11) is 0. The van der Waals surface area contributed by atoms with E-state index in [0.717, 1.165) is 25.7 Å². The summed E-state index contributed by atoms with van der Waals surface area (Å²) in [4.78, 5) is 11.4. The van der Waals surface area contributed by atoms with Gasteiger partial charge < -0.3 is 14.9 Å². The SMILES string of the molecule is C=C1CC[C@H](OC(C)=O)C/C1=C\C=C1/CCC[C@]2(C)[C@@H]([C@H](C)CC[C@@H](O)C(C)(C)O)CC[C@@H]12. The third-order valence-corrected chi connectivity index (χ3v) is 8.94. The van der Waals surface area contributed by atoms with Crippen LogP contribution in [-0.2, 0) is 9.53 Å². The summed E-state index contributed by atoms with van der Waals surface area (Å²) in [6.07, 6.45) is 14.2. The number of allylic oxidation sites excluding steroid dienone is 4. The van der Waals surface area contributed by atoms with Crippen LogP contribution in [-0.4, -0.2) is 34.0 Å². The summed E-state index contributed by atoms with van der Waals surface area (Å²) in [6.45, 7) is 14.0. The molecule has 33 heavy (non-hydrogen) atoms. The lowest BCUT2D eigenvalue weighted by Crippen LogP contribution is -2.38. The van der Waals surface area contributed by atoms with Gasteiger partial charge in [-0.1, -0.05) is 43.7 Å². The Morgan fingerprint density at radius 2 is 1.97 bits per heavy atom. The van der Waals surface area contributed by atoms with Crippen LogP contribution >= 0.6 is 0 Å². The van der Waals surface area contributed by atoms with Gasteiger partial charge >= 0.3 is 5.97 Å². The smallest absolute Gasteiger partial charge is 0.302 e. The lowest BCUT2D eigenvalue weighted by Gasteiger charge is -2.44. The summed E-state index contributed by atoms with van der Waals surface area (Å²) in [5.41, 5.74) is 3.26. The van der Waals surface area contributed by atoms with Gasteiger partial charge in [0.15, 0.2) is 0 Å². The minimum atomic E-state index is -1.03.